The van der Waals surface area contributed by atoms with E-state index in [1.165, 1.54) is 28.0 Å². The zero-order chi connectivity index (χ0) is 30.1. The summed E-state index contributed by atoms with van der Waals surface area (Å²) in [4.78, 5) is 42.1. The summed E-state index contributed by atoms with van der Waals surface area (Å²) < 4.78 is 22.0. The van der Waals surface area contributed by atoms with Gasteiger partial charge in [0.25, 0.3) is 11.8 Å². The average molecular weight is 584 g/mol. The second-order valence-corrected chi connectivity index (χ2v) is 10.5. The highest BCUT2D eigenvalue weighted by molar-refractivity contribution is 6.08. The zero-order valence-corrected chi connectivity index (χ0v) is 23.7. The minimum Gasteiger partial charge on any atom is -0.463 e. The summed E-state index contributed by atoms with van der Waals surface area (Å²) in [7, 11) is 1.70. The predicted molar refractivity (Wildman–Crippen MR) is 156 cm³/mol. The lowest BCUT2D eigenvalue weighted by atomic mass is 10.1. The molecule has 2 atom stereocenters. The van der Waals surface area contributed by atoms with Gasteiger partial charge in [-0.05, 0) is 42.7 Å². The fraction of sp³-hybridized carbons (Fsp3) is 0.258. The lowest BCUT2D eigenvalue weighted by Crippen LogP contribution is -2.43. The molecule has 0 unspecified atom stereocenters. The maximum Gasteiger partial charge on any atom is 0.269 e. The molecule has 0 saturated carbocycles. The Morgan fingerprint density at radius 2 is 1.86 bits per heavy atom. The Morgan fingerprint density at radius 1 is 1.07 bits per heavy atom. The first-order valence-corrected chi connectivity index (χ1v) is 14.0. The highest BCUT2D eigenvalue weighted by Gasteiger charge is 2.41. The summed E-state index contributed by atoms with van der Waals surface area (Å²) in [5.41, 5.74) is 2.93. The molecule has 3 aromatic heterocycles. The van der Waals surface area contributed by atoms with Gasteiger partial charge in [0.2, 0.25) is 5.91 Å². The first-order chi connectivity index (χ1) is 20.8. The Morgan fingerprint density at radius 3 is 2.63 bits per heavy atom. The van der Waals surface area contributed by atoms with Gasteiger partial charge in [-0.25, -0.2) is 4.39 Å². The number of amides is 3. The fourth-order valence-corrected chi connectivity index (χ4v) is 5.39. The number of fused-ring (bicyclic) bond motifs is 1. The molecule has 12 heteroatoms. The van der Waals surface area contributed by atoms with Crippen molar-refractivity contribution in [1.82, 2.24) is 29.8 Å². The van der Waals surface area contributed by atoms with Gasteiger partial charge < -0.3 is 20.0 Å². The molecule has 2 aromatic carbocycles. The maximum atomic E-state index is 13.8. The van der Waals surface area contributed by atoms with Crippen LogP contribution in [-0.2, 0) is 24.8 Å². The molecule has 5 aromatic rings. The molecule has 0 aliphatic carbocycles. The molecule has 1 aliphatic heterocycles. The van der Waals surface area contributed by atoms with E-state index >= 15 is 0 Å². The molecule has 0 radical (unpaired) electrons. The van der Waals surface area contributed by atoms with Crippen LogP contribution in [0.1, 0.15) is 45.4 Å². The SMILES string of the molecule is CCc1cc(C(=O)N[C@@H]2C[C@@H](C(=O)Nc3ccn(Cc4ccc(F)cc4)n3)N(C(=O)c3coc4ccccc34)C2)n(C)n1. The number of para-hydroxylation sites is 1. The van der Waals surface area contributed by atoms with Crippen molar-refractivity contribution in [3.8, 4) is 0 Å². The Bertz CT molecular complexity index is 1810. The van der Waals surface area contributed by atoms with Gasteiger partial charge in [-0.15, -0.1) is 0 Å². The Hall–Kier alpha value is -5.26. The minimum atomic E-state index is -0.883. The van der Waals surface area contributed by atoms with E-state index in [4.69, 9.17) is 4.42 Å². The summed E-state index contributed by atoms with van der Waals surface area (Å²) in [5, 5.41) is 15.2. The van der Waals surface area contributed by atoms with Crippen LogP contribution in [0.3, 0.4) is 0 Å². The van der Waals surface area contributed by atoms with Crippen molar-refractivity contribution in [2.45, 2.75) is 38.4 Å². The number of hydrogen-bond donors (Lipinski definition) is 2. The molecule has 6 rings (SSSR count). The van der Waals surface area contributed by atoms with E-state index in [9.17, 15) is 18.8 Å². The van der Waals surface area contributed by atoms with Crippen LogP contribution in [0.15, 0.2) is 77.5 Å². The molecule has 1 aliphatic rings. The van der Waals surface area contributed by atoms with E-state index in [1.807, 2.05) is 19.1 Å². The van der Waals surface area contributed by atoms with Gasteiger partial charge in [0, 0.05) is 37.3 Å². The standard InChI is InChI=1S/C31H30FN7O4/c1-3-21-14-25(37(2)35-21)29(40)33-22-15-26(39(17-22)31(42)24-18-43-27-7-5-4-6-23(24)27)30(41)34-28-12-13-38(36-28)16-19-8-10-20(32)11-9-19/h4-14,18,22,26H,3,15-17H2,1-2H3,(H,33,40)(H,34,36,41)/t22-,26+/m1/s1. The van der Waals surface area contributed by atoms with E-state index in [0.717, 1.165) is 11.3 Å². The smallest absolute Gasteiger partial charge is 0.269 e. The molecule has 4 heterocycles. The third-order valence-electron chi connectivity index (χ3n) is 7.59. The lowest BCUT2D eigenvalue weighted by molar-refractivity contribution is -0.119. The largest absolute Gasteiger partial charge is 0.463 e. The molecule has 1 fully saturated rings. The second kappa shape index (κ2) is 11.6. The van der Waals surface area contributed by atoms with Crippen LogP contribution in [0.25, 0.3) is 11.0 Å². The number of carbonyl (C=O) groups is 3. The molecule has 43 heavy (non-hydrogen) atoms. The number of likely N-dealkylation sites (tertiary alicyclic amines) is 1. The first-order valence-electron chi connectivity index (χ1n) is 14.0. The number of furan rings is 1. The summed E-state index contributed by atoms with van der Waals surface area (Å²) in [5.74, 6) is -1.16. The topological polar surface area (TPSA) is 127 Å². The monoisotopic (exact) mass is 583 g/mol. The molecule has 1 saturated heterocycles. The molecular weight excluding hydrogens is 553 g/mol. The summed E-state index contributed by atoms with van der Waals surface area (Å²) in [6, 6.07) is 15.3. The van der Waals surface area contributed by atoms with Crippen LogP contribution in [-0.4, -0.2) is 60.8 Å². The zero-order valence-electron chi connectivity index (χ0n) is 23.7. The van der Waals surface area contributed by atoms with Crippen LogP contribution in [0.4, 0.5) is 10.2 Å². The number of aromatic nitrogens is 4. The number of halogens is 1. The van der Waals surface area contributed by atoms with Crippen LogP contribution in [0, 0.1) is 5.82 Å². The van der Waals surface area contributed by atoms with Crippen LogP contribution in [0.2, 0.25) is 0 Å². The van der Waals surface area contributed by atoms with Crippen LogP contribution in [0.5, 0.6) is 0 Å². The Kier molecular flexibility index (Phi) is 7.49. The van der Waals surface area contributed by atoms with Gasteiger partial charge in [-0.2, -0.15) is 10.2 Å². The molecule has 2 N–H and O–H groups in total. The maximum absolute atomic E-state index is 13.8. The number of carbonyl (C=O) groups excluding carboxylic acids is 3. The number of nitrogens with zero attached hydrogens (tertiary/aromatic N) is 5. The Balaban J connectivity index is 1.21. The van der Waals surface area contributed by atoms with Gasteiger partial charge in [0.1, 0.15) is 29.4 Å². The number of nitrogens with one attached hydrogen (secondary N) is 2. The summed E-state index contributed by atoms with van der Waals surface area (Å²) in [6.07, 6.45) is 3.99. The summed E-state index contributed by atoms with van der Waals surface area (Å²) in [6.45, 7) is 2.47. The first kappa shape index (κ1) is 27.9. The molecule has 220 valence electrons. The molecule has 11 nitrogen and oxygen atoms in total. The molecule has 3 amide bonds. The van der Waals surface area contributed by atoms with Crippen LogP contribution < -0.4 is 10.6 Å². The fourth-order valence-electron chi connectivity index (χ4n) is 5.39. The predicted octanol–water partition coefficient (Wildman–Crippen LogP) is 3.76. The number of rotatable bonds is 8. The summed E-state index contributed by atoms with van der Waals surface area (Å²) >= 11 is 0. The van der Waals surface area contributed by atoms with E-state index in [0.29, 0.717) is 41.0 Å². The van der Waals surface area contributed by atoms with E-state index in [1.54, 1.807) is 54.3 Å². The molecule has 0 bridgehead atoms. The average Bonchev–Trinajstić information content (AvgIpc) is 3.80. The number of hydrogen-bond acceptors (Lipinski definition) is 6. The van der Waals surface area contributed by atoms with Gasteiger partial charge in [0.15, 0.2) is 5.82 Å². The number of benzene rings is 2. The van der Waals surface area contributed by atoms with Crippen LogP contribution >= 0.6 is 0 Å². The van der Waals surface area contributed by atoms with E-state index in [2.05, 4.69) is 20.8 Å². The third kappa shape index (κ3) is 5.76. The van der Waals surface area contributed by atoms with Gasteiger partial charge >= 0.3 is 0 Å². The van der Waals surface area contributed by atoms with Gasteiger partial charge in [-0.3, -0.25) is 23.7 Å². The highest BCUT2D eigenvalue weighted by atomic mass is 19.1. The lowest BCUT2D eigenvalue weighted by Gasteiger charge is -2.23. The van der Waals surface area contributed by atoms with E-state index < -0.39 is 18.0 Å². The van der Waals surface area contributed by atoms with Crippen molar-refractivity contribution in [3.63, 3.8) is 0 Å². The number of anilines is 1. The van der Waals surface area contributed by atoms with Crippen molar-refractivity contribution >= 4 is 34.5 Å². The molecule has 0 spiro atoms. The van der Waals surface area contributed by atoms with Crippen molar-refractivity contribution in [1.29, 1.82) is 0 Å². The minimum absolute atomic E-state index is 0.125. The van der Waals surface area contributed by atoms with Crippen molar-refractivity contribution in [2.75, 3.05) is 11.9 Å². The highest BCUT2D eigenvalue weighted by Crippen LogP contribution is 2.27. The van der Waals surface area contributed by atoms with E-state index in [-0.39, 0.29) is 30.6 Å². The van der Waals surface area contributed by atoms with Gasteiger partial charge in [0.05, 0.1) is 17.8 Å². The number of aryl methyl sites for hydroxylation is 2. The molecular formula is C31H30FN7O4. The van der Waals surface area contributed by atoms with Crippen molar-refractivity contribution in [2.24, 2.45) is 7.05 Å². The third-order valence-corrected chi connectivity index (χ3v) is 7.59. The Labute approximate surface area is 246 Å². The normalized spacial score (nSPS) is 16.5. The van der Waals surface area contributed by atoms with Crippen molar-refractivity contribution in [3.05, 3.63) is 101 Å². The quantitative estimate of drug-likeness (QED) is 0.286. The second-order valence-electron chi connectivity index (χ2n) is 10.5. The van der Waals surface area contributed by atoms with Crippen molar-refractivity contribution < 1.29 is 23.2 Å². The van der Waals surface area contributed by atoms with Gasteiger partial charge in [-0.1, -0.05) is 37.3 Å².